The number of aryl methyl sites for hydroxylation is 1. The van der Waals surface area contributed by atoms with E-state index in [0.29, 0.717) is 12.0 Å². The highest BCUT2D eigenvalue weighted by Gasteiger charge is 2.22. The Kier molecular flexibility index (Phi) is 4.19. The number of aliphatic hydroxyl groups is 1. The lowest BCUT2D eigenvalue weighted by molar-refractivity contribution is 0.0658. The summed E-state index contributed by atoms with van der Waals surface area (Å²) >= 11 is 0. The van der Waals surface area contributed by atoms with Crippen LogP contribution in [0.3, 0.4) is 0 Å². The highest BCUT2D eigenvalue weighted by molar-refractivity contribution is 5.32. The van der Waals surface area contributed by atoms with Crippen LogP contribution in [-0.2, 0) is 11.3 Å². The maximum absolute atomic E-state index is 9.17. The monoisotopic (exact) mass is 234 g/mol. The molecule has 1 aromatic rings. The lowest BCUT2D eigenvalue weighted by Crippen LogP contribution is -2.19. The molecule has 17 heavy (non-hydrogen) atoms. The molecule has 1 fully saturated rings. The van der Waals surface area contributed by atoms with E-state index in [0.717, 1.165) is 5.56 Å². The summed E-state index contributed by atoms with van der Waals surface area (Å²) in [5, 5.41) is 9.17. The molecule has 2 nitrogen and oxygen atoms in total. The van der Waals surface area contributed by atoms with E-state index in [2.05, 4.69) is 25.1 Å². The number of aliphatic hydroxyl groups excluding tert-OH is 1. The topological polar surface area (TPSA) is 29.5 Å². The van der Waals surface area contributed by atoms with E-state index >= 15 is 0 Å². The van der Waals surface area contributed by atoms with Gasteiger partial charge in [0.15, 0.2) is 0 Å². The molecule has 0 atom stereocenters. The Morgan fingerprint density at radius 1 is 1.24 bits per heavy atom. The van der Waals surface area contributed by atoms with Crippen LogP contribution in [-0.4, -0.2) is 18.3 Å². The molecule has 0 saturated heterocycles. The first-order valence-electron chi connectivity index (χ1n) is 6.47. The molecule has 1 aliphatic rings. The number of hydrogen-bond acceptors (Lipinski definition) is 2. The van der Waals surface area contributed by atoms with Crippen LogP contribution in [0.25, 0.3) is 0 Å². The first kappa shape index (κ1) is 12.6. The van der Waals surface area contributed by atoms with Gasteiger partial charge in [-0.3, -0.25) is 0 Å². The van der Waals surface area contributed by atoms with Gasteiger partial charge in [0.25, 0.3) is 0 Å². The van der Waals surface area contributed by atoms with E-state index in [1.54, 1.807) is 0 Å². The zero-order chi connectivity index (χ0) is 12.3. The second-order valence-electron chi connectivity index (χ2n) is 5.05. The number of ether oxygens (including phenoxy) is 1. The van der Waals surface area contributed by atoms with Crippen molar-refractivity contribution >= 4 is 0 Å². The predicted octanol–water partition coefficient (Wildman–Crippen LogP) is 3.16. The molecule has 1 aromatic carbocycles. The standard InChI is InChI=1S/C15H22O2/c1-11-9-13(3-4-14(11)10-16)12-5-7-15(17-2)8-6-12/h3-4,9,12,15-16H,5-8,10H2,1-2H3/t12-,15-. The lowest BCUT2D eigenvalue weighted by atomic mass is 9.82. The van der Waals surface area contributed by atoms with Crippen molar-refractivity contribution in [2.45, 2.75) is 51.2 Å². The summed E-state index contributed by atoms with van der Waals surface area (Å²) in [6, 6.07) is 6.48. The summed E-state index contributed by atoms with van der Waals surface area (Å²) in [6.07, 6.45) is 5.24. The van der Waals surface area contributed by atoms with Crippen molar-refractivity contribution in [3.05, 3.63) is 34.9 Å². The van der Waals surface area contributed by atoms with Crippen LogP contribution in [0.2, 0.25) is 0 Å². The molecule has 0 spiro atoms. The minimum Gasteiger partial charge on any atom is -0.392 e. The minimum atomic E-state index is 0.141. The number of rotatable bonds is 3. The fourth-order valence-corrected chi connectivity index (χ4v) is 2.78. The maximum atomic E-state index is 9.17. The Labute approximate surface area is 104 Å². The van der Waals surface area contributed by atoms with E-state index in [4.69, 9.17) is 9.84 Å². The molecule has 2 rings (SSSR count). The fraction of sp³-hybridized carbons (Fsp3) is 0.600. The quantitative estimate of drug-likeness (QED) is 0.870. The second-order valence-corrected chi connectivity index (χ2v) is 5.05. The van der Waals surface area contributed by atoms with Gasteiger partial charge in [0.05, 0.1) is 12.7 Å². The molecule has 94 valence electrons. The average molecular weight is 234 g/mol. The zero-order valence-electron chi connectivity index (χ0n) is 10.8. The maximum Gasteiger partial charge on any atom is 0.0684 e. The predicted molar refractivity (Wildman–Crippen MR) is 69.1 cm³/mol. The SMILES string of the molecule is CO[C@H]1CC[C@H](c2ccc(CO)c(C)c2)CC1. The van der Waals surface area contributed by atoms with Crippen LogP contribution in [0.4, 0.5) is 0 Å². The van der Waals surface area contributed by atoms with Crippen molar-refractivity contribution < 1.29 is 9.84 Å². The van der Waals surface area contributed by atoms with E-state index in [1.807, 2.05) is 7.11 Å². The highest BCUT2D eigenvalue weighted by Crippen LogP contribution is 2.34. The third-order valence-corrected chi connectivity index (χ3v) is 4.02. The summed E-state index contributed by atoms with van der Waals surface area (Å²) in [4.78, 5) is 0. The normalized spacial score (nSPS) is 24.9. The third-order valence-electron chi connectivity index (χ3n) is 4.02. The first-order chi connectivity index (χ1) is 8.24. The Bertz CT molecular complexity index is 365. The van der Waals surface area contributed by atoms with Crippen LogP contribution < -0.4 is 0 Å². The van der Waals surface area contributed by atoms with Gasteiger partial charge >= 0.3 is 0 Å². The van der Waals surface area contributed by atoms with Crippen LogP contribution in [0.5, 0.6) is 0 Å². The van der Waals surface area contributed by atoms with Crippen molar-refractivity contribution in [3.8, 4) is 0 Å². The summed E-state index contributed by atoms with van der Waals surface area (Å²) < 4.78 is 5.40. The van der Waals surface area contributed by atoms with Crippen molar-refractivity contribution in [3.63, 3.8) is 0 Å². The smallest absolute Gasteiger partial charge is 0.0684 e. The summed E-state index contributed by atoms with van der Waals surface area (Å²) in [5.41, 5.74) is 3.67. The van der Waals surface area contributed by atoms with E-state index < -0.39 is 0 Å². The molecule has 0 unspecified atom stereocenters. The molecule has 0 bridgehead atoms. The van der Waals surface area contributed by atoms with E-state index in [9.17, 15) is 0 Å². The molecular formula is C15H22O2. The number of hydrogen-bond donors (Lipinski definition) is 1. The van der Waals surface area contributed by atoms with E-state index in [1.165, 1.54) is 36.8 Å². The van der Waals surface area contributed by atoms with Gasteiger partial charge in [0.2, 0.25) is 0 Å². The van der Waals surface area contributed by atoms with Gasteiger partial charge in [-0.05, 0) is 55.2 Å². The molecule has 0 aliphatic heterocycles. The molecule has 2 heteroatoms. The van der Waals surface area contributed by atoms with Gasteiger partial charge in [-0.2, -0.15) is 0 Å². The Balaban J connectivity index is 2.06. The van der Waals surface area contributed by atoms with Crippen LogP contribution >= 0.6 is 0 Å². The Morgan fingerprint density at radius 3 is 2.47 bits per heavy atom. The lowest BCUT2D eigenvalue weighted by Gasteiger charge is -2.28. The number of benzene rings is 1. The fourth-order valence-electron chi connectivity index (χ4n) is 2.78. The minimum absolute atomic E-state index is 0.141. The van der Waals surface area contributed by atoms with Crippen LogP contribution in [0.1, 0.15) is 48.3 Å². The number of methoxy groups -OCH3 is 1. The van der Waals surface area contributed by atoms with Crippen molar-refractivity contribution in [2.24, 2.45) is 0 Å². The van der Waals surface area contributed by atoms with Gasteiger partial charge in [0.1, 0.15) is 0 Å². The summed E-state index contributed by atoms with van der Waals surface area (Å²) in [5.74, 6) is 0.674. The third kappa shape index (κ3) is 2.88. The van der Waals surface area contributed by atoms with Crippen molar-refractivity contribution in [1.82, 2.24) is 0 Å². The Morgan fingerprint density at radius 2 is 1.94 bits per heavy atom. The van der Waals surface area contributed by atoms with Gasteiger partial charge < -0.3 is 9.84 Å². The largest absolute Gasteiger partial charge is 0.392 e. The molecule has 0 radical (unpaired) electrons. The highest BCUT2D eigenvalue weighted by atomic mass is 16.5. The molecule has 1 aliphatic carbocycles. The van der Waals surface area contributed by atoms with Crippen LogP contribution in [0.15, 0.2) is 18.2 Å². The molecule has 0 amide bonds. The van der Waals surface area contributed by atoms with Crippen molar-refractivity contribution in [2.75, 3.05) is 7.11 Å². The molecule has 0 aromatic heterocycles. The van der Waals surface area contributed by atoms with Gasteiger partial charge in [0, 0.05) is 7.11 Å². The Hall–Kier alpha value is -0.860. The average Bonchev–Trinajstić information content (AvgIpc) is 2.39. The van der Waals surface area contributed by atoms with Crippen molar-refractivity contribution in [1.29, 1.82) is 0 Å². The zero-order valence-corrected chi connectivity index (χ0v) is 10.8. The summed E-state index contributed by atoms with van der Waals surface area (Å²) in [7, 11) is 1.81. The summed E-state index contributed by atoms with van der Waals surface area (Å²) in [6.45, 7) is 2.22. The van der Waals surface area contributed by atoms with Crippen LogP contribution in [0, 0.1) is 6.92 Å². The van der Waals surface area contributed by atoms with E-state index in [-0.39, 0.29) is 6.61 Å². The first-order valence-corrected chi connectivity index (χ1v) is 6.47. The van der Waals surface area contributed by atoms with Gasteiger partial charge in [-0.15, -0.1) is 0 Å². The van der Waals surface area contributed by atoms with Gasteiger partial charge in [-0.1, -0.05) is 18.2 Å². The second kappa shape index (κ2) is 5.65. The molecule has 1 saturated carbocycles. The molecule has 0 heterocycles. The molecule has 1 N–H and O–H groups in total. The van der Waals surface area contributed by atoms with Gasteiger partial charge in [-0.25, -0.2) is 0 Å². The molecular weight excluding hydrogens is 212 g/mol.